The van der Waals surface area contributed by atoms with Gasteiger partial charge in [0.05, 0.1) is 6.61 Å². The van der Waals surface area contributed by atoms with Crippen LogP contribution in [0.1, 0.15) is 27.2 Å². The quantitative estimate of drug-likeness (QED) is 0.695. The van der Waals surface area contributed by atoms with Crippen LogP contribution in [0.15, 0.2) is 0 Å². The molecule has 1 heterocycles. The fraction of sp³-hybridized carbons (Fsp3) is 1.00. The first-order chi connectivity index (χ1) is 6.74. The van der Waals surface area contributed by atoms with Crippen LogP contribution in [0.4, 0.5) is 0 Å². The summed E-state index contributed by atoms with van der Waals surface area (Å²) >= 11 is 0. The van der Waals surface area contributed by atoms with Crippen molar-refractivity contribution in [3.63, 3.8) is 0 Å². The highest BCUT2D eigenvalue weighted by molar-refractivity contribution is 4.72. The van der Waals surface area contributed by atoms with Crippen LogP contribution in [0.2, 0.25) is 0 Å². The second kappa shape index (κ2) is 6.38. The lowest BCUT2D eigenvalue weighted by Gasteiger charge is -2.25. The van der Waals surface area contributed by atoms with E-state index >= 15 is 0 Å². The third-order valence-corrected chi connectivity index (χ3v) is 2.90. The summed E-state index contributed by atoms with van der Waals surface area (Å²) in [5.41, 5.74) is 0. The number of likely N-dealkylation sites (N-methyl/N-ethyl adjacent to an activating group) is 1. The van der Waals surface area contributed by atoms with Crippen LogP contribution in [-0.2, 0) is 4.74 Å². The number of nitrogens with zero attached hydrogens (tertiary/aromatic N) is 1. The van der Waals surface area contributed by atoms with Crippen LogP contribution >= 0.6 is 0 Å². The Kier molecular flexibility index (Phi) is 5.45. The minimum absolute atomic E-state index is 0.598. The van der Waals surface area contributed by atoms with Crippen molar-refractivity contribution in [2.24, 2.45) is 0 Å². The molecule has 3 heteroatoms. The minimum atomic E-state index is 0.598. The number of ether oxygens (including phenoxy) is 1. The van der Waals surface area contributed by atoms with Crippen molar-refractivity contribution in [2.45, 2.75) is 39.3 Å². The maximum Gasteiger partial charge on any atom is 0.0620 e. The predicted octanol–water partition coefficient (Wildman–Crippen LogP) is 1.10. The van der Waals surface area contributed by atoms with Gasteiger partial charge >= 0.3 is 0 Å². The Hall–Kier alpha value is -0.120. The van der Waals surface area contributed by atoms with Gasteiger partial charge in [-0.1, -0.05) is 6.92 Å². The summed E-state index contributed by atoms with van der Waals surface area (Å²) in [5.74, 6) is 0. The Morgan fingerprint density at radius 3 is 2.79 bits per heavy atom. The average Bonchev–Trinajstić information content (AvgIpc) is 2.64. The zero-order chi connectivity index (χ0) is 10.4. The van der Waals surface area contributed by atoms with Crippen molar-refractivity contribution in [3.8, 4) is 0 Å². The van der Waals surface area contributed by atoms with Gasteiger partial charge in [-0.15, -0.1) is 0 Å². The van der Waals surface area contributed by atoms with E-state index in [4.69, 9.17) is 4.74 Å². The molecule has 1 aliphatic rings. The van der Waals surface area contributed by atoms with Crippen molar-refractivity contribution < 1.29 is 4.74 Å². The molecule has 0 aliphatic carbocycles. The molecule has 0 bridgehead atoms. The van der Waals surface area contributed by atoms with Gasteiger partial charge in [-0.3, -0.25) is 4.90 Å². The highest BCUT2D eigenvalue weighted by Crippen LogP contribution is 2.03. The molecule has 1 aliphatic heterocycles. The van der Waals surface area contributed by atoms with Gasteiger partial charge in [0, 0.05) is 31.8 Å². The predicted molar refractivity (Wildman–Crippen MR) is 59.6 cm³/mol. The fourth-order valence-corrected chi connectivity index (χ4v) is 1.89. The first-order valence-corrected chi connectivity index (χ1v) is 5.79. The number of hydrogen-bond acceptors (Lipinski definition) is 3. The van der Waals surface area contributed by atoms with Gasteiger partial charge < -0.3 is 10.1 Å². The third kappa shape index (κ3) is 3.95. The number of hydrogen-bond donors (Lipinski definition) is 1. The van der Waals surface area contributed by atoms with E-state index in [-0.39, 0.29) is 0 Å². The van der Waals surface area contributed by atoms with Crippen molar-refractivity contribution in [1.82, 2.24) is 10.2 Å². The van der Waals surface area contributed by atoms with Gasteiger partial charge in [-0.2, -0.15) is 0 Å². The van der Waals surface area contributed by atoms with Crippen molar-refractivity contribution in [1.29, 1.82) is 0 Å². The first-order valence-electron chi connectivity index (χ1n) is 5.79. The largest absolute Gasteiger partial charge is 0.380 e. The van der Waals surface area contributed by atoms with Gasteiger partial charge in [0.1, 0.15) is 0 Å². The molecule has 1 unspecified atom stereocenters. The summed E-state index contributed by atoms with van der Waals surface area (Å²) in [6.07, 6.45) is 1.17. The topological polar surface area (TPSA) is 24.5 Å². The first kappa shape index (κ1) is 12.0. The minimum Gasteiger partial charge on any atom is -0.380 e. The van der Waals surface area contributed by atoms with Crippen molar-refractivity contribution >= 4 is 0 Å². The monoisotopic (exact) mass is 200 g/mol. The highest BCUT2D eigenvalue weighted by atomic mass is 16.5. The zero-order valence-electron chi connectivity index (χ0n) is 9.75. The lowest BCUT2D eigenvalue weighted by molar-refractivity contribution is 0.187. The molecule has 1 saturated heterocycles. The van der Waals surface area contributed by atoms with Gasteiger partial charge in [-0.05, 0) is 26.8 Å². The Labute approximate surface area is 87.8 Å². The van der Waals surface area contributed by atoms with E-state index in [1.807, 2.05) is 0 Å². The van der Waals surface area contributed by atoms with Crippen LogP contribution in [-0.4, -0.2) is 49.8 Å². The Morgan fingerprint density at radius 2 is 2.29 bits per heavy atom. The second-order valence-electron chi connectivity index (χ2n) is 4.24. The number of nitrogens with one attached hydrogen (secondary N) is 1. The molecular weight excluding hydrogens is 176 g/mol. The van der Waals surface area contributed by atoms with Gasteiger partial charge in [-0.25, -0.2) is 0 Å². The molecule has 0 aromatic carbocycles. The molecule has 1 atom stereocenters. The molecule has 84 valence electrons. The van der Waals surface area contributed by atoms with Crippen LogP contribution < -0.4 is 5.32 Å². The normalized spacial score (nSPS) is 22.5. The summed E-state index contributed by atoms with van der Waals surface area (Å²) in [5, 5.41) is 3.53. The standard InChI is InChI=1S/C11H24N2O/c1-4-13(10(2)3)7-6-12-11-5-8-14-9-11/h10-12H,4-9H2,1-3H3. The van der Waals surface area contributed by atoms with E-state index in [1.165, 1.54) is 6.42 Å². The van der Waals surface area contributed by atoms with Crippen LogP contribution in [0.25, 0.3) is 0 Å². The molecule has 0 amide bonds. The smallest absolute Gasteiger partial charge is 0.0620 e. The number of rotatable bonds is 6. The molecule has 0 saturated carbocycles. The summed E-state index contributed by atoms with van der Waals surface area (Å²) in [6, 6.07) is 1.25. The van der Waals surface area contributed by atoms with Crippen LogP contribution in [0.3, 0.4) is 0 Å². The molecule has 1 rings (SSSR count). The van der Waals surface area contributed by atoms with E-state index in [0.717, 1.165) is 32.8 Å². The summed E-state index contributed by atoms with van der Waals surface area (Å²) in [4.78, 5) is 2.48. The van der Waals surface area contributed by atoms with E-state index in [2.05, 4.69) is 31.0 Å². The summed E-state index contributed by atoms with van der Waals surface area (Å²) in [7, 11) is 0. The zero-order valence-corrected chi connectivity index (χ0v) is 9.75. The molecule has 14 heavy (non-hydrogen) atoms. The molecular formula is C11H24N2O. The molecule has 1 N–H and O–H groups in total. The van der Waals surface area contributed by atoms with E-state index in [1.54, 1.807) is 0 Å². The maximum absolute atomic E-state index is 5.31. The van der Waals surface area contributed by atoms with Crippen molar-refractivity contribution in [3.05, 3.63) is 0 Å². The molecule has 0 radical (unpaired) electrons. The SMILES string of the molecule is CCN(CCNC1CCOC1)C(C)C. The third-order valence-electron chi connectivity index (χ3n) is 2.90. The second-order valence-corrected chi connectivity index (χ2v) is 4.24. The Morgan fingerprint density at radius 1 is 1.50 bits per heavy atom. The van der Waals surface area contributed by atoms with Crippen LogP contribution in [0, 0.1) is 0 Å². The summed E-state index contributed by atoms with van der Waals surface area (Å²) < 4.78 is 5.31. The molecule has 1 fully saturated rings. The Balaban J connectivity index is 2.06. The van der Waals surface area contributed by atoms with E-state index < -0.39 is 0 Å². The van der Waals surface area contributed by atoms with Gasteiger partial charge in [0.2, 0.25) is 0 Å². The molecule has 0 aromatic heterocycles. The van der Waals surface area contributed by atoms with Gasteiger partial charge in [0.25, 0.3) is 0 Å². The van der Waals surface area contributed by atoms with E-state index in [9.17, 15) is 0 Å². The lowest BCUT2D eigenvalue weighted by Crippen LogP contribution is -2.40. The average molecular weight is 200 g/mol. The fourth-order valence-electron chi connectivity index (χ4n) is 1.89. The maximum atomic E-state index is 5.31. The highest BCUT2D eigenvalue weighted by Gasteiger charge is 2.14. The summed E-state index contributed by atoms with van der Waals surface area (Å²) in [6.45, 7) is 11.9. The van der Waals surface area contributed by atoms with Crippen LogP contribution in [0.5, 0.6) is 0 Å². The van der Waals surface area contributed by atoms with Crippen molar-refractivity contribution in [2.75, 3.05) is 32.8 Å². The van der Waals surface area contributed by atoms with E-state index in [0.29, 0.717) is 12.1 Å². The Bertz CT molecular complexity index is 144. The molecule has 0 aromatic rings. The lowest BCUT2D eigenvalue weighted by atomic mass is 10.2. The molecule has 0 spiro atoms. The molecule has 3 nitrogen and oxygen atoms in total. The van der Waals surface area contributed by atoms with Gasteiger partial charge in [0.15, 0.2) is 0 Å².